The quantitative estimate of drug-likeness (QED) is 0.493. The van der Waals surface area contributed by atoms with E-state index in [1.165, 1.54) is 12.0 Å². The van der Waals surface area contributed by atoms with E-state index < -0.39 is 5.97 Å². The summed E-state index contributed by atoms with van der Waals surface area (Å²) in [5, 5.41) is 29.2. The minimum atomic E-state index is -0.727. The molecule has 0 aromatic rings. The van der Waals surface area contributed by atoms with Crippen molar-refractivity contribution in [3.05, 3.63) is 23.8 Å². The van der Waals surface area contributed by atoms with E-state index in [2.05, 4.69) is 12.2 Å². The van der Waals surface area contributed by atoms with E-state index in [1.54, 1.807) is 0 Å². The molecule has 0 aromatic carbocycles. The van der Waals surface area contributed by atoms with Crippen LogP contribution in [0.15, 0.2) is 23.8 Å². The van der Waals surface area contributed by atoms with Gasteiger partial charge in [0, 0.05) is 12.3 Å². The lowest BCUT2D eigenvalue weighted by atomic mass is 9.80. The van der Waals surface area contributed by atoms with Crippen LogP contribution in [0.4, 0.5) is 0 Å². The van der Waals surface area contributed by atoms with Crippen LogP contribution in [0.2, 0.25) is 0 Å². The molecule has 3 aliphatic carbocycles. The van der Waals surface area contributed by atoms with Crippen LogP contribution in [-0.4, -0.2) is 33.5 Å². The van der Waals surface area contributed by atoms with Crippen LogP contribution < -0.4 is 0 Å². The number of carboxylic acids is 1. The molecule has 4 nitrogen and oxygen atoms in total. The normalized spacial score (nSPS) is 36.2. The predicted octanol–water partition coefficient (Wildman–Crippen LogP) is 3.29. The third-order valence-corrected chi connectivity index (χ3v) is 6.30. The summed E-state index contributed by atoms with van der Waals surface area (Å²) in [7, 11) is 0. The molecule has 3 rings (SSSR count). The summed E-state index contributed by atoms with van der Waals surface area (Å²) < 4.78 is 0. The van der Waals surface area contributed by atoms with Crippen molar-refractivity contribution in [3.63, 3.8) is 0 Å². The van der Waals surface area contributed by atoms with Crippen LogP contribution in [0.1, 0.15) is 57.8 Å². The number of carbonyl (C=O) groups is 1. The lowest BCUT2D eigenvalue weighted by molar-refractivity contribution is -0.137. The van der Waals surface area contributed by atoms with E-state index in [0.717, 1.165) is 38.5 Å². The van der Waals surface area contributed by atoms with Gasteiger partial charge in [-0.15, -0.1) is 0 Å². The Morgan fingerprint density at radius 3 is 2.75 bits per heavy atom. The van der Waals surface area contributed by atoms with Crippen LogP contribution in [0, 0.1) is 23.7 Å². The van der Waals surface area contributed by atoms with Gasteiger partial charge in [-0.1, -0.05) is 30.2 Å². The molecule has 0 radical (unpaired) electrons. The zero-order chi connectivity index (χ0) is 17.1. The maximum absolute atomic E-state index is 10.6. The molecular formula is C20H30O4. The van der Waals surface area contributed by atoms with Gasteiger partial charge in [-0.3, -0.25) is 4.79 Å². The highest BCUT2D eigenvalue weighted by atomic mass is 16.4. The molecule has 0 bridgehead atoms. The lowest BCUT2D eigenvalue weighted by Crippen LogP contribution is -2.25. The Morgan fingerprint density at radius 1 is 1.29 bits per heavy atom. The second-order valence-corrected chi connectivity index (χ2v) is 7.93. The summed E-state index contributed by atoms with van der Waals surface area (Å²) >= 11 is 0. The maximum Gasteiger partial charge on any atom is 0.303 e. The van der Waals surface area contributed by atoms with Gasteiger partial charge >= 0.3 is 5.97 Å². The number of aliphatic hydroxyl groups excluding tert-OH is 2. The van der Waals surface area contributed by atoms with Crippen LogP contribution in [0.3, 0.4) is 0 Å². The highest BCUT2D eigenvalue weighted by molar-refractivity contribution is 5.66. The van der Waals surface area contributed by atoms with Gasteiger partial charge in [-0.25, -0.2) is 0 Å². The molecule has 5 atom stereocenters. The van der Waals surface area contributed by atoms with Crippen molar-refractivity contribution >= 4 is 5.97 Å². The fourth-order valence-corrected chi connectivity index (χ4v) is 4.68. The van der Waals surface area contributed by atoms with Crippen molar-refractivity contribution in [2.75, 3.05) is 0 Å². The maximum atomic E-state index is 10.6. The summed E-state index contributed by atoms with van der Waals surface area (Å²) in [6.07, 6.45) is 13.7. The number of aliphatic carboxylic acids is 1. The van der Waals surface area contributed by atoms with Gasteiger partial charge in [0.1, 0.15) is 0 Å². The number of unbranched alkanes of at least 4 members (excludes halogenated alkanes) is 1. The van der Waals surface area contributed by atoms with Gasteiger partial charge in [-0.2, -0.15) is 0 Å². The molecule has 0 saturated heterocycles. The highest BCUT2D eigenvalue weighted by Crippen LogP contribution is 2.50. The van der Waals surface area contributed by atoms with Crippen molar-refractivity contribution in [1.29, 1.82) is 0 Å². The number of rotatable bonds is 7. The first-order valence-electron chi connectivity index (χ1n) is 9.48. The molecule has 0 aliphatic heterocycles. The topological polar surface area (TPSA) is 77.8 Å². The zero-order valence-electron chi connectivity index (χ0n) is 14.3. The van der Waals surface area contributed by atoms with Gasteiger partial charge in [0.25, 0.3) is 0 Å². The summed E-state index contributed by atoms with van der Waals surface area (Å²) in [5.41, 5.74) is 1.43. The summed E-state index contributed by atoms with van der Waals surface area (Å²) in [5.74, 6) is 0.880. The van der Waals surface area contributed by atoms with E-state index >= 15 is 0 Å². The number of hydrogen-bond donors (Lipinski definition) is 3. The van der Waals surface area contributed by atoms with Gasteiger partial charge in [0.15, 0.2) is 0 Å². The fourth-order valence-electron chi connectivity index (χ4n) is 4.68. The summed E-state index contributed by atoms with van der Waals surface area (Å²) in [6, 6.07) is 0. The first-order chi connectivity index (χ1) is 11.5. The molecular weight excluding hydrogens is 304 g/mol. The number of carboxylic acid groups (broad SMARTS) is 1. The number of allylic oxidation sites excluding steroid dienone is 2. The van der Waals surface area contributed by atoms with Crippen molar-refractivity contribution < 1.29 is 20.1 Å². The minimum absolute atomic E-state index is 0.162. The number of fused-ring (bicyclic) bond motifs is 1. The lowest BCUT2D eigenvalue weighted by Gasteiger charge is -2.29. The molecule has 0 aromatic heterocycles. The smallest absolute Gasteiger partial charge is 0.303 e. The molecule has 3 saturated carbocycles. The van der Waals surface area contributed by atoms with E-state index in [1.807, 2.05) is 6.08 Å². The molecule has 134 valence electrons. The van der Waals surface area contributed by atoms with Crippen LogP contribution in [0.25, 0.3) is 0 Å². The Hall–Kier alpha value is -1.13. The highest BCUT2D eigenvalue weighted by Gasteiger charge is 2.45. The van der Waals surface area contributed by atoms with Crippen molar-refractivity contribution in [1.82, 2.24) is 0 Å². The Bertz CT molecular complexity index is 506. The first kappa shape index (κ1) is 17.7. The molecule has 0 heterocycles. The standard InChI is InChI=1S/C20H30O4/c21-18(14-5-3-6-14)9-8-16-17-11-13(4-1-2-7-20(23)24)10-15(17)12-19(16)22/h4,8-9,14-19,21-22H,1-3,5-7,10-12H2,(H,23,24)/b9-8+,13-4+/t15-,16-,17+,18+,19-/m1/s1. The zero-order valence-corrected chi connectivity index (χ0v) is 14.3. The molecule has 3 fully saturated rings. The Kier molecular flexibility index (Phi) is 5.77. The van der Waals surface area contributed by atoms with Crippen LogP contribution >= 0.6 is 0 Å². The average molecular weight is 334 g/mol. The van der Waals surface area contributed by atoms with E-state index in [0.29, 0.717) is 24.2 Å². The van der Waals surface area contributed by atoms with Crippen molar-refractivity contribution in [2.45, 2.75) is 70.0 Å². The Labute approximate surface area is 144 Å². The Balaban J connectivity index is 1.52. The van der Waals surface area contributed by atoms with Crippen molar-refractivity contribution in [2.24, 2.45) is 23.7 Å². The second-order valence-electron chi connectivity index (χ2n) is 7.93. The molecule has 0 amide bonds. The molecule has 24 heavy (non-hydrogen) atoms. The summed E-state index contributed by atoms with van der Waals surface area (Å²) in [6.45, 7) is 0. The van der Waals surface area contributed by atoms with Gasteiger partial charge in [0.05, 0.1) is 12.2 Å². The predicted molar refractivity (Wildman–Crippen MR) is 92.4 cm³/mol. The van der Waals surface area contributed by atoms with Crippen LogP contribution in [-0.2, 0) is 4.79 Å². The SMILES string of the molecule is O=C(O)CCC/C=C1\C[C@@H]2C[C@@H](O)[C@H](/C=C/[C@H](O)C3CCC3)[C@H]2C1. The number of hydrogen-bond acceptors (Lipinski definition) is 3. The average Bonchev–Trinajstić information content (AvgIpc) is 2.96. The fraction of sp³-hybridized carbons (Fsp3) is 0.750. The van der Waals surface area contributed by atoms with Gasteiger partial charge < -0.3 is 15.3 Å². The van der Waals surface area contributed by atoms with Crippen LogP contribution in [0.5, 0.6) is 0 Å². The first-order valence-corrected chi connectivity index (χ1v) is 9.48. The van der Waals surface area contributed by atoms with E-state index in [-0.39, 0.29) is 24.5 Å². The van der Waals surface area contributed by atoms with Crippen molar-refractivity contribution in [3.8, 4) is 0 Å². The van der Waals surface area contributed by atoms with Gasteiger partial charge in [-0.05, 0) is 62.7 Å². The molecule has 4 heteroatoms. The number of aliphatic hydroxyl groups is 2. The second kappa shape index (κ2) is 7.83. The minimum Gasteiger partial charge on any atom is -0.481 e. The molecule has 3 N–H and O–H groups in total. The van der Waals surface area contributed by atoms with E-state index in [9.17, 15) is 15.0 Å². The summed E-state index contributed by atoms with van der Waals surface area (Å²) in [4.78, 5) is 10.6. The third-order valence-electron chi connectivity index (χ3n) is 6.30. The third kappa shape index (κ3) is 4.09. The molecule has 0 spiro atoms. The monoisotopic (exact) mass is 334 g/mol. The van der Waals surface area contributed by atoms with Gasteiger partial charge in [0.2, 0.25) is 0 Å². The Morgan fingerprint density at radius 2 is 2.08 bits per heavy atom. The molecule has 3 aliphatic rings. The van der Waals surface area contributed by atoms with E-state index in [4.69, 9.17) is 5.11 Å². The molecule has 0 unspecified atom stereocenters. The largest absolute Gasteiger partial charge is 0.481 e.